The van der Waals surface area contributed by atoms with Crippen molar-refractivity contribution in [2.45, 2.75) is 13.2 Å². The van der Waals surface area contributed by atoms with Crippen molar-refractivity contribution in [3.63, 3.8) is 0 Å². The van der Waals surface area contributed by atoms with E-state index in [2.05, 4.69) is 5.32 Å². The number of hydrogen-bond donors (Lipinski definition) is 2. The SMILES string of the molecule is O=C(CN1CCOc2ccc(CO)cc2C1)Nc1ccc(F)cc1. The van der Waals surface area contributed by atoms with Gasteiger partial charge in [-0.25, -0.2) is 4.39 Å². The molecule has 2 aromatic carbocycles. The van der Waals surface area contributed by atoms with Crippen molar-refractivity contribution >= 4 is 11.6 Å². The Morgan fingerprint density at radius 3 is 2.79 bits per heavy atom. The lowest BCUT2D eigenvalue weighted by Gasteiger charge is -2.19. The fourth-order valence-electron chi connectivity index (χ4n) is 2.67. The van der Waals surface area contributed by atoms with Gasteiger partial charge in [-0.05, 0) is 42.0 Å². The number of rotatable bonds is 4. The molecule has 0 aliphatic carbocycles. The van der Waals surface area contributed by atoms with Crippen LogP contribution in [-0.2, 0) is 17.9 Å². The first kappa shape index (κ1) is 16.4. The lowest BCUT2D eigenvalue weighted by atomic mass is 10.1. The van der Waals surface area contributed by atoms with E-state index in [0.717, 1.165) is 16.9 Å². The van der Waals surface area contributed by atoms with Gasteiger partial charge in [0.05, 0.1) is 13.2 Å². The number of anilines is 1. The summed E-state index contributed by atoms with van der Waals surface area (Å²) in [4.78, 5) is 14.2. The normalized spacial score (nSPS) is 14.4. The zero-order valence-electron chi connectivity index (χ0n) is 13.2. The fourth-order valence-corrected chi connectivity index (χ4v) is 2.67. The second-order valence-corrected chi connectivity index (χ2v) is 5.71. The molecule has 0 spiro atoms. The van der Waals surface area contributed by atoms with Crippen molar-refractivity contribution in [2.24, 2.45) is 0 Å². The number of amides is 1. The topological polar surface area (TPSA) is 61.8 Å². The van der Waals surface area contributed by atoms with Crippen LogP contribution in [0.3, 0.4) is 0 Å². The number of hydrogen-bond acceptors (Lipinski definition) is 4. The predicted octanol–water partition coefficient (Wildman–Crippen LogP) is 2.15. The van der Waals surface area contributed by atoms with Gasteiger partial charge in [0.25, 0.3) is 0 Å². The van der Waals surface area contributed by atoms with E-state index >= 15 is 0 Å². The summed E-state index contributed by atoms with van der Waals surface area (Å²) < 4.78 is 18.6. The summed E-state index contributed by atoms with van der Waals surface area (Å²) in [5.74, 6) is 0.283. The molecule has 0 fully saturated rings. The van der Waals surface area contributed by atoms with Gasteiger partial charge in [-0.3, -0.25) is 9.69 Å². The predicted molar refractivity (Wildman–Crippen MR) is 88.2 cm³/mol. The highest BCUT2D eigenvalue weighted by Gasteiger charge is 2.18. The number of fused-ring (bicyclic) bond motifs is 1. The van der Waals surface area contributed by atoms with Gasteiger partial charge in [-0.15, -0.1) is 0 Å². The number of nitrogens with zero attached hydrogens (tertiary/aromatic N) is 1. The van der Waals surface area contributed by atoms with Crippen molar-refractivity contribution in [1.82, 2.24) is 4.90 Å². The average molecular weight is 330 g/mol. The minimum Gasteiger partial charge on any atom is -0.492 e. The Kier molecular flexibility index (Phi) is 5.08. The van der Waals surface area contributed by atoms with E-state index in [4.69, 9.17) is 4.74 Å². The van der Waals surface area contributed by atoms with Crippen LogP contribution in [0.1, 0.15) is 11.1 Å². The third-order valence-electron chi connectivity index (χ3n) is 3.86. The lowest BCUT2D eigenvalue weighted by Crippen LogP contribution is -2.34. The van der Waals surface area contributed by atoms with Crippen LogP contribution in [0, 0.1) is 5.82 Å². The van der Waals surface area contributed by atoms with Crippen LogP contribution >= 0.6 is 0 Å². The van der Waals surface area contributed by atoms with Crippen LogP contribution in [0.5, 0.6) is 5.75 Å². The maximum Gasteiger partial charge on any atom is 0.238 e. The highest BCUT2D eigenvalue weighted by atomic mass is 19.1. The molecule has 2 N–H and O–H groups in total. The molecule has 0 aromatic heterocycles. The summed E-state index contributed by atoms with van der Waals surface area (Å²) in [5.41, 5.74) is 2.33. The number of halogens is 1. The summed E-state index contributed by atoms with van der Waals surface area (Å²) >= 11 is 0. The van der Waals surface area contributed by atoms with Crippen LogP contribution in [0.4, 0.5) is 10.1 Å². The molecule has 5 nitrogen and oxygen atoms in total. The monoisotopic (exact) mass is 330 g/mol. The molecule has 126 valence electrons. The third kappa shape index (κ3) is 4.10. The molecule has 0 saturated heterocycles. The minimum absolute atomic E-state index is 0.0294. The van der Waals surface area contributed by atoms with Gasteiger partial charge in [0.1, 0.15) is 18.2 Å². The first-order chi connectivity index (χ1) is 11.6. The lowest BCUT2D eigenvalue weighted by molar-refractivity contribution is -0.117. The zero-order chi connectivity index (χ0) is 16.9. The van der Waals surface area contributed by atoms with Gasteiger partial charge in [0, 0.05) is 24.3 Å². The van der Waals surface area contributed by atoms with Crippen molar-refractivity contribution in [3.05, 3.63) is 59.4 Å². The number of nitrogens with one attached hydrogen (secondary N) is 1. The van der Waals surface area contributed by atoms with Gasteiger partial charge < -0.3 is 15.2 Å². The van der Waals surface area contributed by atoms with E-state index in [1.165, 1.54) is 24.3 Å². The maximum absolute atomic E-state index is 12.9. The van der Waals surface area contributed by atoms with E-state index < -0.39 is 0 Å². The highest BCUT2D eigenvalue weighted by molar-refractivity contribution is 5.92. The number of ether oxygens (including phenoxy) is 1. The molecular formula is C18H19FN2O3. The van der Waals surface area contributed by atoms with E-state index in [1.54, 1.807) is 0 Å². The van der Waals surface area contributed by atoms with Gasteiger partial charge in [0.2, 0.25) is 5.91 Å². The molecule has 1 amide bonds. The van der Waals surface area contributed by atoms with E-state index in [-0.39, 0.29) is 24.9 Å². The number of aliphatic hydroxyl groups is 1. The van der Waals surface area contributed by atoms with Crippen molar-refractivity contribution in [3.8, 4) is 5.75 Å². The maximum atomic E-state index is 12.9. The van der Waals surface area contributed by atoms with Crippen molar-refractivity contribution in [1.29, 1.82) is 0 Å². The second kappa shape index (κ2) is 7.42. The van der Waals surface area contributed by atoms with Gasteiger partial charge in [-0.1, -0.05) is 6.07 Å². The summed E-state index contributed by atoms with van der Waals surface area (Å²) in [7, 11) is 0. The molecule has 1 aliphatic heterocycles. The molecule has 0 atom stereocenters. The Labute approximate surface area is 139 Å². The van der Waals surface area contributed by atoms with Gasteiger partial charge in [-0.2, -0.15) is 0 Å². The van der Waals surface area contributed by atoms with Crippen LogP contribution in [0.2, 0.25) is 0 Å². The second-order valence-electron chi connectivity index (χ2n) is 5.71. The number of carbonyl (C=O) groups excluding carboxylic acids is 1. The summed E-state index contributed by atoms with van der Waals surface area (Å²) in [5, 5.41) is 12.0. The number of benzene rings is 2. The summed E-state index contributed by atoms with van der Waals surface area (Å²) in [6, 6.07) is 11.2. The summed E-state index contributed by atoms with van der Waals surface area (Å²) in [6.07, 6.45) is 0. The molecule has 0 radical (unpaired) electrons. The molecule has 0 unspecified atom stereocenters. The molecule has 3 rings (SSSR count). The Morgan fingerprint density at radius 2 is 2.04 bits per heavy atom. The average Bonchev–Trinajstić information content (AvgIpc) is 2.77. The van der Waals surface area contributed by atoms with Gasteiger partial charge in [0.15, 0.2) is 0 Å². The molecule has 0 saturated carbocycles. The standard InChI is InChI=1S/C18H19FN2O3/c19-15-2-4-16(5-3-15)20-18(23)11-21-7-8-24-17-6-1-13(12-22)9-14(17)10-21/h1-6,9,22H,7-8,10-12H2,(H,20,23). The van der Waals surface area contributed by atoms with E-state index in [0.29, 0.717) is 25.4 Å². The molecular weight excluding hydrogens is 311 g/mol. The van der Waals surface area contributed by atoms with Gasteiger partial charge >= 0.3 is 0 Å². The third-order valence-corrected chi connectivity index (χ3v) is 3.86. The Balaban J connectivity index is 1.64. The molecule has 0 bridgehead atoms. The van der Waals surface area contributed by atoms with Crippen LogP contribution < -0.4 is 10.1 Å². The summed E-state index contributed by atoms with van der Waals surface area (Å²) in [6.45, 7) is 1.87. The molecule has 2 aromatic rings. The quantitative estimate of drug-likeness (QED) is 0.902. The van der Waals surface area contributed by atoms with E-state index in [9.17, 15) is 14.3 Å². The molecule has 6 heteroatoms. The Hall–Kier alpha value is -2.44. The minimum atomic E-state index is -0.339. The molecule has 24 heavy (non-hydrogen) atoms. The Bertz CT molecular complexity index is 719. The molecule has 1 aliphatic rings. The van der Waals surface area contributed by atoms with Crippen molar-refractivity contribution in [2.75, 3.05) is 25.0 Å². The molecule has 1 heterocycles. The van der Waals surface area contributed by atoms with Crippen LogP contribution in [-0.4, -0.2) is 35.6 Å². The highest BCUT2D eigenvalue weighted by Crippen LogP contribution is 2.24. The van der Waals surface area contributed by atoms with Crippen LogP contribution in [0.25, 0.3) is 0 Å². The number of carbonyl (C=O) groups is 1. The zero-order valence-corrected chi connectivity index (χ0v) is 13.2. The fraction of sp³-hybridized carbons (Fsp3) is 0.278. The number of aliphatic hydroxyl groups excluding tert-OH is 1. The first-order valence-electron chi connectivity index (χ1n) is 7.77. The van der Waals surface area contributed by atoms with Crippen molar-refractivity contribution < 1.29 is 19.0 Å². The first-order valence-corrected chi connectivity index (χ1v) is 7.77. The Morgan fingerprint density at radius 1 is 1.25 bits per heavy atom. The van der Waals surface area contributed by atoms with Crippen LogP contribution in [0.15, 0.2) is 42.5 Å². The van der Waals surface area contributed by atoms with E-state index in [1.807, 2.05) is 23.1 Å². The smallest absolute Gasteiger partial charge is 0.238 e. The largest absolute Gasteiger partial charge is 0.492 e.